The minimum Gasteiger partial charge on any atom is -0.507 e. The lowest BCUT2D eigenvalue weighted by molar-refractivity contribution is -0.384. The summed E-state index contributed by atoms with van der Waals surface area (Å²) >= 11 is 5.71. The van der Waals surface area contributed by atoms with E-state index in [4.69, 9.17) is 11.6 Å². The molecule has 0 spiro atoms. The third-order valence-corrected chi connectivity index (χ3v) is 4.30. The number of hydrogen-bond acceptors (Lipinski definition) is 8. The second-order valence-corrected chi connectivity index (χ2v) is 6.19. The van der Waals surface area contributed by atoms with E-state index in [9.17, 15) is 25.3 Å². The number of phenolic OH excluding ortho intramolecular Hbond substituents is 1. The van der Waals surface area contributed by atoms with Crippen LogP contribution in [0.25, 0.3) is 11.3 Å². The van der Waals surface area contributed by atoms with Crippen molar-refractivity contribution in [2.45, 2.75) is 5.88 Å². The molecule has 0 aliphatic heterocycles. The van der Waals surface area contributed by atoms with Gasteiger partial charge in [-0.3, -0.25) is 19.9 Å². The molecule has 0 aliphatic rings. The van der Waals surface area contributed by atoms with Gasteiger partial charge < -0.3 is 5.11 Å². The number of anilines is 1. The summed E-state index contributed by atoms with van der Waals surface area (Å²) in [6.45, 7) is 0. The van der Waals surface area contributed by atoms with Crippen molar-refractivity contribution in [1.29, 1.82) is 5.26 Å². The Bertz CT molecular complexity index is 1230. The standard InChI is InChI=1S/C19H13ClN6O4/c20-8-12-6-14(26(29)30)7-13(17(12)27)10-22-25-19-23-16(11-4-2-1-3-5-11)15(9-21)18(28)24-19/h1-7,10,27H,8H2,(H2,23,24,25,28). The summed E-state index contributed by atoms with van der Waals surface area (Å²) in [6.07, 6.45) is 1.12. The largest absolute Gasteiger partial charge is 0.507 e. The molecule has 0 amide bonds. The number of nitro benzene ring substituents is 1. The van der Waals surface area contributed by atoms with Crippen LogP contribution < -0.4 is 11.0 Å². The quantitative estimate of drug-likeness (QED) is 0.237. The highest BCUT2D eigenvalue weighted by Crippen LogP contribution is 2.28. The second kappa shape index (κ2) is 8.85. The first-order valence-electron chi connectivity index (χ1n) is 8.39. The maximum Gasteiger partial charge on any atom is 0.270 e. The fourth-order valence-corrected chi connectivity index (χ4v) is 2.81. The van der Waals surface area contributed by atoms with Crippen LogP contribution in [0.2, 0.25) is 0 Å². The lowest BCUT2D eigenvalue weighted by Gasteiger charge is -2.07. The van der Waals surface area contributed by atoms with Crippen LogP contribution in [0, 0.1) is 21.4 Å². The monoisotopic (exact) mass is 424 g/mol. The number of aromatic nitrogens is 2. The van der Waals surface area contributed by atoms with E-state index in [0.29, 0.717) is 5.56 Å². The van der Waals surface area contributed by atoms with Gasteiger partial charge >= 0.3 is 0 Å². The molecular formula is C19H13ClN6O4. The number of benzene rings is 2. The Kier molecular flexibility index (Phi) is 6.05. The Morgan fingerprint density at radius 3 is 2.73 bits per heavy atom. The van der Waals surface area contributed by atoms with Crippen molar-refractivity contribution in [1.82, 2.24) is 9.97 Å². The molecule has 11 heteroatoms. The number of nitro groups is 1. The van der Waals surface area contributed by atoms with Gasteiger partial charge in [0.2, 0.25) is 5.95 Å². The summed E-state index contributed by atoms with van der Waals surface area (Å²) in [5.41, 5.74) is 2.36. The number of alkyl halides is 1. The molecule has 1 heterocycles. The van der Waals surface area contributed by atoms with Crippen molar-refractivity contribution < 1.29 is 10.0 Å². The Hall–Kier alpha value is -4.23. The third kappa shape index (κ3) is 4.26. The summed E-state index contributed by atoms with van der Waals surface area (Å²) in [4.78, 5) is 29.2. The lowest BCUT2D eigenvalue weighted by atomic mass is 10.1. The fraction of sp³-hybridized carbons (Fsp3) is 0.0526. The number of nitrogens with zero attached hydrogens (tertiary/aromatic N) is 4. The predicted molar refractivity (Wildman–Crippen MR) is 111 cm³/mol. The third-order valence-electron chi connectivity index (χ3n) is 4.01. The van der Waals surface area contributed by atoms with Crippen LogP contribution in [-0.4, -0.2) is 26.2 Å². The van der Waals surface area contributed by atoms with Gasteiger partial charge in [-0.15, -0.1) is 11.6 Å². The Balaban J connectivity index is 1.95. The number of aromatic amines is 1. The molecule has 3 rings (SSSR count). The molecule has 0 aliphatic carbocycles. The van der Waals surface area contributed by atoms with E-state index in [1.807, 2.05) is 6.07 Å². The smallest absolute Gasteiger partial charge is 0.270 e. The van der Waals surface area contributed by atoms with Crippen LogP contribution in [0.1, 0.15) is 16.7 Å². The minimum atomic E-state index is -0.660. The zero-order valence-corrected chi connectivity index (χ0v) is 15.9. The van der Waals surface area contributed by atoms with Gasteiger partial charge in [-0.05, 0) is 0 Å². The number of aromatic hydroxyl groups is 1. The highest BCUT2D eigenvalue weighted by molar-refractivity contribution is 6.17. The number of H-pyrrole nitrogens is 1. The number of phenols is 1. The average Bonchev–Trinajstić information content (AvgIpc) is 2.75. The maximum atomic E-state index is 12.2. The topological polar surface area (TPSA) is 157 Å². The molecule has 1 aromatic heterocycles. The lowest BCUT2D eigenvalue weighted by Crippen LogP contribution is -2.16. The normalized spacial score (nSPS) is 10.7. The van der Waals surface area contributed by atoms with E-state index < -0.39 is 10.5 Å². The van der Waals surface area contributed by atoms with E-state index in [-0.39, 0.29) is 45.6 Å². The zero-order valence-electron chi connectivity index (χ0n) is 15.2. The summed E-state index contributed by atoms with van der Waals surface area (Å²) in [5, 5.41) is 34.3. The van der Waals surface area contributed by atoms with E-state index in [0.717, 1.165) is 12.3 Å². The van der Waals surface area contributed by atoms with Crippen LogP contribution >= 0.6 is 11.6 Å². The molecule has 0 saturated carbocycles. The first-order valence-corrected chi connectivity index (χ1v) is 8.93. The molecule has 0 saturated heterocycles. The molecule has 0 atom stereocenters. The molecule has 150 valence electrons. The van der Waals surface area contributed by atoms with Crippen molar-refractivity contribution >= 4 is 29.5 Å². The first kappa shape index (κ1) is 20.5. The van der Waals surface area contributed by atoms with Crippen molar-refractivity contribution in [2.75, 3.05) is 5.43 Å². The van der Waals surface area contributed by atoms with Crippen LogP contribution in [0.4, 0.5) is 11.6 Å². The molecule has 2 aromatic carbocycles. The summed E-state index contributed by atoms with van der Waals surface area (Å²) in [5.74, 6) is -0.448. The molecule has 3 aromatic rings. The van der Waals surface area contributed by atoms with Gasteiger partial charge in [0.25, 0.3) is 11.2 Å². The Morgan fingerprint density at radius 2 is 2.10 bits per heavy atom. The molecule has 30 heavy (non-hydrogen) atoms. The number of nitrogens with one attached hydrogen (secondary N) is 2. The fourth-order valence-electron chi connectivity index (χ4n) is 2.61. The number of halogens is 1. The minimum absolute atomic E-state index is 0.0478. The van der Waals surface area contributed by atoms with Gasteiger partial charge in [0.05, 0.1) is 22.7 Å². The van der Waals surface area contributed by atoms with Gasteiger partial charge in [0.1, 0.15) is 17.4 Å². The van der Waals surface area contributed by atoms with E-state index >= 15 is 0 Å². The van der Waals surface area contributed by atoms with E-state index in [2.05, 4.69) is 20.5 Å². The number of hydrazone groups is 1. The van der Waals surface area contributed by atoms with Crippen molar-refractivity contribution in [3.8, 4) is 23.1 Å². The molecule has 0 unspecified atom stereocenters. The van der Waals surface area contributed by atoms with Gasteiger partial charge in [0.15, 0.2) is 0 Å². The summed E-state index contributed by atoms with van der Waals surface area (Å²) < 4.78 is 0. The molecule has 0 bridgehead atoms. The molecule has 0 fully saturated rings. The SMILES string of the molecule is N#Cc1c(-c2ccccc2)nc(NN=Cc2cc([N+](=O)[O-])cc(CCl)c2O)[nH]c1=O. The zero-order chi connectivity index (χ0) is 21.7. The van der Waals surface area contributed by atoms with Gasteiger partial charge in [-0.2, -0.15) is 10.4 Å². The van der Waals surface area contributed by atoms with E-state index in [1.165, 1.54) is 6.07 Å². The van der Waals surface area contributed by atoms with Crippen LogP contribution in [0.3, 0.4) is 0 Å². The number of hydrogen-bond donors (Lipinski definition) is 3. The highest BCUT2D eigenvalue weighted by Gasteiger charge is 2.15. The molecule has 10 nitrogen and oxygen atoms in total. The molecule has 0 radical (unpaired) electrons. The van der Waals surface area contributed by atoms with Crippen molar-refractivity contribution in [3.63, 3.8) is 0 Å². The summed E-state index contributed by atoms with van der Waals surface area (Å²) in [7, 11) is 0. The van der Waals surface area contributed by atoms with E-state index in [1.54, 1.807) is 30.3 Å². The average molecular weight is 425 g/mol. The van der Waals surface area contributed by atoms with Crippen LogP contribution in [-0.2, 0) is 5.88 Å². The van der Waals surface area contributed by atoms with Crippen LogP contribution in [0.5, 0.6) is 5.75 Å². The predicted octanol–water partition coefficient (Wildman–Crippen LogP) is 3.11. The maximum absolute atomic E-state index is 12.2. The van der Waals surface area contributed by atoms with Crippen molar-refractivity contribution in [3.05, 3.63) is 79.6 Å². The van der Waals surface area contributed by atoms with Crippen molar-refractivity contribution in [2.24, 2.45) is 5.10 Å². The Labute approximate surface area is 174 Å². The van der Waals surface area contributed by atoms with Gasteiger partial charge in [0, 0.05) is 28.8 Å². The Morgan fingerprint density at radius 1 is 1.37 bits per heavy atom. The molecular weight excluding hydrogens is 412 g/mol. The summed E-state index contributed by atoms with van der Waals surface area (Å²) in [6, 6.07) is 12.8. The number of nitriles is 1. The number of rotatable bonds is 6. The number of non-ortho nitro benzene ring substituents is 1. The van der Waals surface area contributed by atoms with Gasteiger partial charge in [-0.25, -0.2) is 10.4 Å². The van der Waals surface area contributed by atoms with Crippen LogP contribution in [0.15, 0.2) is 52.4 Å². The first-order chi connectivity index (χ1) is 14.4. The second-order valence-electron chi connectivity index (χ2n) is 5.92. The van der Waals surface area contributed by atoms with Gasteiger partial charge in [-0.1, -0.05) is 30.3 Å². The highest BCUT2D eigenvalue weighted by atomic mass is 35.5. The molecule has 3 N–H and O–H groups in total.